The molecule has 4 rings (SSSR count). The van der Waals surface area contributed by atoms with Crippen LogP contribution >= 0.6 is 11.3 Å². The van der Waals surface area contributed by atoms with E-state index in [0.29, 0.717) is 16.4 Å². The van der Waals surface area contributed by atoms with Crippen molar-refractivity contribution in [1.82, 2.24) is 9.36 Å². The number of ketones is 1. The van der Waals surface area contributed by atoms with Gasteiger partial charge in [-0.05, 0) is 31.2 Å². The highest BCUT2D eigenvalue weighted by Crippen LogP contribution is 2.38. The molecule has 2 aromatic heterocycles. The number of rotatable bonds is 5. The number of thiophene rings is 1. The lowest BCUT2D eigenvalue weighted by Gasteiger charge is -2.07. The fraction of sp³-hybridized carbons (Fsp3) is 0.0870. The summed E-state index contributed by atoms with van der Waals surface area (Å²) in [5.41, 5.74) is 7.67. The maximum atomic E-state index is 13.6. The molecule has 0 aliphatic rings. The molecule has 0 fully saturated rings. The van der Waals surface area contributed by atoms with Crippen LogP contribution in [0.1, 0.15) is 27.2 Å². The van der Waals surface area contributed by atoms with Crippen LogP contribution in [-0.2, 0) is 7.05 Å². The van der Waals surface area contributed by atoms with E-state index in [-0.39, 0.29) is 21.7 Å². The predicted octanol–water partition coefficient (Wildman–Crippen LogP) is 3.97. The molecule has 7 nitrogen and oxygen atoms in total. The molecule has 0 aliphatic heterocycles. The largest absolute Gasteiger partial charge is 0.389 e. The fourth-order valence-electron chi connectivity index (χ4n) is 3.47. The lowest BCUT2D eigenvalue weighted by atomic mass is 10.0. The minimum atomic E-state index is -0.532. The average molecular weight is 430 g/mol. The van der Waals surface area contributed by atoms with Gasteiger partial charge in [0.05, 0.1) is 16.8 Å². The maximum absolute atomic E-state index is 13.6. The third-order valence-electron chi connectivity index (χ3n) is 5.09. The quantitative estimate of drug-likeness (QED) is 0.467. The van der Waals surface area contributed by atoms with Crippen LogP contribution in [0.4, 0.5) is 15.7 Å². The molecule has 31 heavy (non-hydrogen) atoms. The fourth-order valence-corrected chi connectivity index (χ4v) is 4.41. The Balaban J connectivity index is 1.88. The molecule has 8 heteroatoms. The molecule has 2 heterocycles. The first-order chi connectivity index (χ1) is 14.9. The summed E-state index contributed by atoms with van der Waals surface area (Å²) in [5.74, 6) is -0.532. The number of benzene rings is 2. The van der Waals surface area contributed by atoms with E-state index in [4.69, 9.17) is 5.73 Å². The van der Waals surface area contributed by atoms with E-state index in [2.05, 4.69) is 5.32 Å². The number of hydrogen-bond acceptors (Lipinski definition) is 6. The van der Waals surface area contributed by atoms with Gasteiger partial charge < -0.3 is 11.1 Å². The zero-order valence-corrected chi connectivity index (χ0v) is 17.7. The number of hydrogen-bond donors (Lipinski definition) is 2. The number of nitrogen functional groups attached to an aromatic ring is 1. The summed E-state index contributed by atoms with van der Waals surface area (Å²) >= 11 is 1.11. The molecule has 0 bridgehead atoms. The highest BCUT2D eigenvalue weighted by molar-refractivity contribution is 7.20. The van der Waals surface area contributed by atoms with E-state index in [1.165, 1.54) is 4.68 Å². The van der Waals surface area contributed by atoms with E-state index < -0.39 is 11.3 Å². The van der Waals surface area contributed by atoms with Crippen molar-refractivity contribution in [3.8, 4) is 11.8 Å². The van der Waals surface area contributed by atoms with Gasteiger partial charge in [-0.15, -0.1) is 0 Å². The molecule has 4 aromatic rings. The summed E-state index contributed by atoms with van der Waals surface area (Å²) < 4.78 is 3.08. The topological polar surface area (TPSA) is 106 Å². The number of para-hydroxylation sites is 2. The Labute approximate surface area is 182 Å². The first kappa shape index (κ1) is 20.2. The minimum absolute atomic E-state index is 0.0109. The molecule has 0 saturated heterocycles. The van der Waals surface area contributed by atoms with Gasteiger partial charge in [-0.25, -0.2) is 4.68 Å². The normalized spacial score (nSPS) is 10.6. The molecule has 0 saturated carbocycles. The van der Waals surface area contributed by atoms with E-state index >= 15 is 0 Å². The van der Waals surface area contributed by atoms with Gasteiger partial charge in [-0.1, -0.05) is 47.7 Å². The third-order valence-corrected chi connectivity index (χ3v) is 6.02. The Bertz CT molecular complexity index is 1380. The first-order valence-electron chi connectivity index (χ1n) is 9.47. The molecular weight excluding hydrogens is 410 g/mol. The van der Waals surface area contributed by atoms with Crippen molar-refractivity contribution in [3.05, 3.63) is 93.4 Å². The first-order valence-corrected chi connectivity index (χ1v) is 10.3. The second kappa shape index (κ2) is 7.97. The maximum Gasteiger partial charge on any atom is 0.282 e. The van der Waals surface area contributed by atoms with Crippen molar-refractivity contribution in [2.75, 3.05) is 11.1 Å². The second-order valence-corrected chi connectivity index (χ2v) is 7.97. The van der Waals surface area contributed by atoms with Gasteiger partial charge in [-0.2, -0.15) is 5.26 Å². The summed E-state index contributed by atoms with van der Waals surface area (Å²) in [6, 6.07) is 20.4. The van der Waals surface area contributed by atoms with Crippen LogP contribution in [0.2, 0.25) is 0 Å². The molecular formula is C23H19N5O2S. The standard InChI is InChI=1S/C23H19N5O2S/c1-14-18(23(30)28(27(14)2)16-11-7-4-8-12-16)20(29)19-17(13-24)21(25)31-22(19)26-15-9-5-3-6-10-15/h3-12,26H,25H2,1-2H3. The Morgan fingerprint density at radius 3 is 2.29 bits per heavy atom. The van der Waals surface area contributed by atoms with Crippen molar-refractivity contribution in [2.24, 2.45) is 7.05 Å². The lowest BCUT2D eigenvalue weighted by Crippen LogP contribution is -2.23. The number of nitrogens with zero attached hydrogens (tertiary/aromatic N) is 3. The van der Waals surface area contributed by atoms with Crippen molar-refractivity contribution in [3.63, 3.8) is 0 Å². The summed E-state index contributed by atoms with van der Waals surface area (Å²) in [4.78, 5) is 26.9. The number of carbonyl (C=O) groups excluding carboxylic acids is 1. The number of carbonyl (C=O) groups is 1. The Hall–Kier alpha value is -4.09. The summed E-state index contributed by atoms with van der Waals surface area (Å²) in [7, 11) is 1.72. The van der Waals surface area contributed by atoms with Crippen LogP contribution in [-0.4, -0.2) is 15.1 Å². The Morgan fingerprint density at radius 2 is 1.68 bits per heavy atom. The zero-order chi connectivity index (χ0) is 22.1. The van der Waals surface area contributed by atoms with Crippen LogP contribution in [0, 0.1) is 18.3 Å². The average Bonchev–Trinajstić information content (AvgIpc) is 3.21. The summed E-state index contributed by atoms with van der Waals surface area (Å²) in [5, 5.41) is 13.5. The van der Waals surface area contributed by atoms with Gasteiger partial charge in [0.1, 0.15) is 21.6 Å². The summed E-state index contributed by atoms with van der Waals surface area (Å²) in [6.45, 7) is 1.71. The van der Waals surface area contributed by atoms with Crippen molar-refractivity contribution >= 4 is 32.8 Å². The van der Waals surface area contributed by atoms with E-state index in [9.17, 15) is 14.9 Å². The van der Waals surface area contributed by atoms with Crippen molar-refractivity contribution in [2.45, 2.75) is 6.92 Å². The predicted molar refractivity (Wildman–Crippen MR) is 122 cm³/mol. The number of nitrogens with one attached hydrogen (secondary N) is 1. The van der Waals surface area contributed by atoms with E-state index in [0.717, 1.165) is 17.0 Å². The van der Waals surface area contributed by atoms with Crippen molar-refractivity contribution < 1.29 is 4.79 Å². The van der Waals surface area contributed by atoms with Crippen LogP contribution in [0.5, 0.6) is 0 Å². The van der Waals surface area contributed by atoms with Crippen molar-refractivity contribution in [1.29, 1.82) is 5.26 Å². The molecule has 0 radical (unpaired) electrons. The van der Waals surface area contributed by atoms with Crippen LogP contribution in [0.15, 0.2) is 65.5 Å². The SMILES string of the molecule is Cc1c(C(=O)c2c(Nc3ccccc3)sc(N)c2C#N)c(=O)n(-c2ccccc2)n1C. The van der Waals surface area contributed by atoms with Gasteiger partial charge in [0.2, 0.25) is 5.78 Å². The molecule has 2 aromatic carbocycles. The second-order valence-electron chi connectivity index (χ2n) is 6.91. The molecule has 0 atom stereocenters. The highest BCUT2D eigenvalue weighted by atomic mass is 32.1. The lowest BCUT2D eigenvalue weighted by molar-refractivity contribution is 0.103. The van der Waals surface area contributed by atoms with E-state index in [1.807, 2.05) is 54.6 Å². The van der Waals surface area contributed by atoms with Crippen LogP contribution in [0.3, 0.4) is 0 Å². The Kier molecular flexibility index (Phi) is 5.19. The smallest absolute Gasteiger partial charge is 0.282 e. The van der Waals surface area contributed by atoms with Gasteiger partial charge in [-0.3, -0.25) is 14.3 Å². The van der Waals surface area contributed by atoms with Gasteiger partial charge in [0, 0.05) is 18.4 Å². The minimum Gasteiger partial charge on any atom is -0.389 e. The van der Waals surface area contributed by atoms with Crippen LogP contribution in [0.25, 0.3) is 5.69 Å². The molecule has 0 spiro atoms. The van der Waals surface area contributed by atoms with Gasteiger partial charge >= 0.3 is 0 Å². The number of nitrogens with two attached hydrogens (primary N) is 1. The van der Waals surface area contributed by atoms with Gasteiger partial charge in [0.25, 0.3) is 5.56 Å². The Morgan fingerprint density at radius 1 is 1.06 bits per heavy atom. The van der Waals surface area contributed by atoms with Gasteiger partial charge in [0.15, 0.2) is 0 Å². The molecule has 0 aliphatic carbocycles. The number of nitriles is 1. The molecule has 0 unspecified atom stereocenters. The number of anilines is 3. The zero-order valence-electron chi connectivity index (χ0n) is 16.9. The van der Waals surface area contributed by atoms with E-state index in [1.54, 1.807) is 30.8 Å². The van der Waals surface area contributed by atoms with Crippen LogP contribution < -0.4 is 16.6 Å². The highest BCUT2D eigenvalue weighted by Gasteiger charge is 2.30. The molecule has 0 amide bonds. The monoisotopic (exact) mass is 429 g/mol. The third kappa shape index (κ3) is 3.41. The number of aromatic nitrogens is 2. The summed E-state index contributed by atoms with van der Waals surface area (Å²) in [6.07, 6.45) is 0. The molecule has 3 N–H and O–H groups in total. The molecule has 154 valence electrons.